The Morgan fingerprint density at radius 1 is 1.67 bits per heavy atom. The van der Waals surface area contributed by atoms with Crippen molar-refractivity contribution >= 4 is 17.3 Å². The molecular formula is C9H13NO4S. The number of rotatable bonds is 4. The van der Waals surface area contributed by atoms with Crippen LogP contribution in [0.3, 0.4) is 0 Å². The molecule has 1 rings (SSSR count). The molecule has 5 nitrogen and oxygen atoms in total. The molecule has 1 heterocycles. The van der Waals surface area contributed by atoms with Crippen LogP contribution in [0.25, 0.3) is 0 Å². The van der Waals surface area contributed by atoms with Crippen molar-refractivity contribution < 1.29 is 19.7 Å². The minimum Gasteiger partial charge on any atom is -0.465 e. The lowest BCUT2D eigenvalue weighted by molar-refractivity contribution is 0.0232. The first-order chi connectivity index (χ1) is 7.11. The van der Waals surface area contributed by atoms with Crippen LogP contribution in [0.15, 0.2) is 11.4 Å². The van der Waals surface area contributed by atoms with Gasteiger partial charge in [0.05, 0.1) is 13.2 Å². The van der Waals surface area contributed by atoms with Gasteiger partial charge in [0.2, 0.25) is 0 Å². The van der Waals surface area contributed by atoms with Crippen LogP contribution in [0, 0.1) is 0 Å². The zero-order chi connectivity index (χ0) is 11.4. The molecule has 0 radical (unpaired) electrons. The molecule has 0 aliphatic carbocycles. The Morgan fingerprint density at radius 3 is 2.87 bits per heavy atom. The first-order valence-corrected chi connectivity index (χ1v) is 5.21. The number of aliphatic hydroxyl groups is 2. The lowest BCUT2D eigenvalue weighted by Gasteiger charge is -2.15. The lowest BCUT2D eigenvalue weighted by atomic mass is 10.1. The molecule has 6 heteroatoms. The molecule has 2 unspecified atom stereocenters. The van der Waals surface area contributed by atoms with Crippen LogP contribution < -0.4 is 5.73 Å². The van der Waals surface area contributed by atoms with E-state index in [0.717, 1.165) is 11.3 Å². The average molecular weight is 231 g/mol. The second-order valence-corrected chi connectivity index (χ2v) is 3.86. The molecule has 0 saturated heterocycles. The third-order valence-corrected chi connectivity index (χ3v) is 2.90. The molecule has 2 atom stereocenters. The number of carbonyl (C=O) groups excluding carboxylic acids is 1. The number of aliphatic hydroxyl groups excluding tert-OH is 2. The number of ether oxygens (including phenoxy) is 1. The highest BCUT2D eigenvalue weighted by Crippen LogP contribution is 2.26. The van der Waals surface area contributed by atoms with Crippen LogP contribution >= 0.6 is 11.3 Å². The summed E-state index contributed by atoms with van der Waals surface area (Å²) in [6.07, 6.45) is -2.24. The number of hydrogen-bond acceptors (Lipinski definition) is 6. The summed E-state index contributed by atoms with van der Waals surface area (Å²) < 4.78 is 4.55. The van der Waals surface area contributed by atoms with E-state index in [2.05, 4.69) is 4.74 Å². The van der Waals surface area contributed by atoms with Gasteiger partial charge < -0.3 is 20.7 Å². The van der Waals surface area contributed by atoms with Gasteiger partial charge >= 0.3 is 5.97 Å². The highest BCUT2D eigenvalue weighted by Gasteiger charge is 2.24. The predicted octanol–water partition coefficient (Wildman–Crippen LogP) is -0.112. The van der Waals surface area contributed by atoms with E-state index in [1.54, 1.807) is 11.4 Å². The Bertz CT molecular complexity index is 339. The molecule has 0 aliphatic rings. The van der Waals surface area contributed by atoms with E-state index >= 15 is 0 Å². The molecule has 1 aromatic rings. The Morgan fingerprint density at radius 2 is 2.33 bits per heavy atom. The van der Waals surface area contributed by atoms with Crippen molar-refractivity contribution in [3.05, 3.63) is 21.9 Å². The summed E-state index contributed by atoms with van der Waals surface area (Å²) in [6.45, 7) is -0.0718. The summed E-state index contributed by atoms with van der Waals surface area (Å²) in [6, 6.07) is 1.57. The van der Waals surface area contributed by atoms with Gasteiger partial charge in [-0.25, -0.2) is 4.79 Å². The molecule has 1 aromatic heterocycles. The average Bonchev–Trinajstić information content (AvgIpc) is 2.74. The molecule has 0 aromatic carbocycles. The SMILES string of the molecule is COC(=O)c1sccc1C(O)C(O)CN. The third kappa shape index (κ3) is 2.54. The lowest BCUT2D eigenvalue weighted by Crippen LogP contribution is -2.27. The maximum Gasteiger partial charge on any atom is 0.348 e. The monoisotopic (exact) mass is 231 g/mol. The van der Waals surface area contributed by atoms with Crippen LogP contribution in [0.5, 0.6) is 0 Å². The van der Waals surface area contributed by atoms with Gasteiger partial charge in [0.15, 0.2) is 0 Å². The van der Waals surface area contributed by atoms with Crippen LogP contribution in [0.1, 0.15) is 21.3 Å². The Balaban J connectivity index is 2.94. The van der Waals surface area contributed by atoms with Crippen LogP contribution in [0.4, 0.5) is 0 Å². The summed E-state index contributed by atoms with van der Waals surface area (Å²) in [5.41, 5.74) is 5.57. The van der Waals surface area contributed by atoms with Crippen LogP contribution in [-0.4, -0.2) is 35.9 Å². The fourth-order valence-electron chi connectivity index (χ4n) is 1.15. The Labute approximate surface area is 91.1 Å². The number of thiophene rings is 1. The van der Waals surface area contributed by atoms with Crippen LogP contribution in [-0.2, 0) is 4.74 Å². The van der Waals surface area contributed by atoms with Gasteiger partial charge in [-0.15, -0.1) is 11.3 Å². The van der Waals surface area contributed by atoms with Gasteiger partial charge in [0.25, 0.3) is 0 Å². The molecule has 0 amide bonds. The molecule has 0 fully saturated rings. The fourth-order valence-corrected chi connectivity index (χ4v) is 2.00. The summed E-state index contributed by atoms with van der Waals surface area (Å²) in [4.78, 5) is 11.6. The number of carbonyl (C=O) groups is 1. The second-order valence-electron chi connectivity index (χ2n) is 2.94. The topological polar surface area (TPSA) is 92.8 Å². The molecule has 0 bridgehead atoms. The van der Waals surface area contributed by atoms with E-state index in [4.69, 9.17) is 5.73 Å². The standard InChI is InChI=1S/C9H13NO4S/c1-14-9(13)8-5(2-3-15-8)7(12)6(11)4-10/h2-3,6-7,11-12H,4,10H2,1H3. The number of esters is 1. The largest absolute Gasteiger partial charge is 0.465 e. The normalized spacial score (nSPS) is 14.7. The van der Waals surface area contributed by atoms with Crippen LogP contribution in [0.2, 0.25) is 0 Å². The van der Waals surface area contributed by atoms with Gasteiger partial charge in [-0.2, -0.15) is 0 Å². The molecule has 0 aliphatic heterocycles. The number of methoxy groups -OCH3 is 1. The molecule has 0 spiro atoms. The van der Waals surface area contributed by atoms with E-state index in [-0.39, 0.29) is 11.4 Å². The van der Waals surface area contributed by atoms with Gasteiger partial charge in [-0.1, -0.05) is 0 Å². The van der Waals surface area contributed by atoms with Crippen molar-refractivity contribution in [1.29, 1.82) is 0 Å². The van der Waals surface area contributed by atoms with Crippen molar-refractivity contribution in [3.63, 3.8) is 0 Å². The highest BCUT2D eigenvalue weighted by molar-refractivity contribution is 7.12. The van der Waals surface area contributed by atoms with E-state index in [1.807, 2.05) is 0 Å². The summed E-state index contributed by atoms with van der Waals surface area (Å²) in [7, 11) is 1.26. The Kier molecular flexibility index (Phi) is 4.22. The summed E-state index contributed by atoms with van der Waals surface area (Å²) in [5.74, 6) is -0.525. The van der Waals surface area contributed by atoms with Crippen molar-refractivity contribution in [2.24, 2.45) is 5.73 Å². The zero-order valence-corrected chi connectivity index (χ0v) is 9.03. The first-order valence-electron chi connectivity index (χ1n) is 4.33. The third-order valence-electron chi connectivity index (χ3n) is 1.99. The van der Waals surface area contributed by atoms with Gasteiger partial charge in [-0.05, 0) is 11.4 Å². The van der Waals surface area contributed by atoms with E-state index in [1.165, 1.54) is 7.11 Å². The van der Waals surface area contributed by atoms with Gasteiger partial charge in [0, 0.05) is 12.1 Å². The number of nitrogens with two attached hydrogens (primary N) is 1. The van der Waals surface area contributed by atoms with Crippen molar-refractivity contribution in [2.75, 3.05) is 13.7 Å². The molecule has 15 heavy (non-hydrogen) atoms. The fraction of sp³-hybridized carbons (Fsp3) is 0.444. The highest BCUT2D eigenvalue weighted by atomic mass is 32.1. The van der Waals surface area contributed by atoms with Gasteiger partial charge in [-0.3, -0.25) is 0 Å². The summed E-state index contributed by atoms with van der Waals surface area (Å²) in [5, 5.41) is 20.7. The minimum absolute atomic E-state index is 0.0718. The van der Waals surface area contributed by atoms with E-state index < -0.39 is 18.2 Å². The molecular weight excluding hydrogens is 218 g/mol. The van der Waals surface area contributed by atoms with Crippen molar-refractivity contribution in [1.82, 2.24) is 0 Å². The predicted molar refractivity (Wildman–Crippen MR) is 55.7 cm³/mol. The molecule has 4 N–H and O–H groups in total. The van der Waals surface area contributed by atoms with Crippen molar-refractivity contribution in [2.45, 2.75) is 12.2 Å². The maximum atomic E-state index is 11.3. The first kappa shape index (κ1) is 12.1. The summed E-state index contributed by atoms with van der Waals surface area (Å²) >= 11 is 1.15. The second kappa shape index (κ2) is 5.22. The molecule has 84 valence electrons. The zero-order valence-electron chi connectivity index (χ0n) is 8.21. The Hall–Kier alpha value is -0.950. The number of hydrogen-bond donors (Lipinski definition) is 3. The van der Waals surface area contributed by atoms with Gasteiger partial charge in [0.1, 0.15) is 11.0 Å². The van der Waals surface area contributed by atoms with Crippen molar-refractivity contribution in [3.8, 4) is 0 Å². The van der Waals surface area contributed by atoms with E-state index in [0.29, 0.717) is 5.56 Å². The molecule has 0 saturated carbocycles. The van der Waals surface area contributed by atoms with E-state index in [9.17, 15) is 15.0 Å². The quantitative estimate of drug-likeness (QED) is 0.629. The maximum absolute atomic E-state index is 11.3. The smallest absolute Gasteiger partial charge is 0.348 e. The minimum atomic E-state index is -1.16.